The Morgan fingerprint density at radius 1 is 1.28 bits per heavy atom. The van der Waals surface area contributed by atoms with Gasteiger partial charge in [-0.15, -0.1) is 0 Å². The second-order valence-corrected chi connectivity index (χ2v) is 6.82. The number of carbonyl (C=O) groups is 1. The van der Waals surface area contributed by atoms with Gasteiger partial charge in [-0.1, -0.05) is 17.8 Å². The number of fused-ring (bicyclic) bond motifs is 1. The van der Waals surface area contributed by atoms with Gasteiger partial charge in [0, 0.05) is 23.1 Å². The van der Waals surface area contributed by atoms with Gasteiger partial charge in [0.25, 0.3) is 0 Å². The van der Waals surface area contributed by atoms with Gasteiger partial charge in [-0.05, 0) is 55.5 Å². The summed E-state index contributed by atoms with van der Waals surface area (Å²) in [5, 5.41) is 14.0. The van der Waals surface area contributed by atoms with E-state index in [1.165, 1.54) is 11.8 Å². The number of anilines is 1. The molecule has 0 radical (unpaired) electrons. The van der Waals surface area contributed by atoms with E-state index in [0.29, 0.717) is 10.6 Å². The Morgan fingerprint density at radius 2 is 2.08 bits per heavy atom. The summed E-state index contributed by atoms with van der Waals surface area (Å²) in [6.45, 7) is 5.79. The minimum atomic E-state index is -0.127. The number of thioether (sulfide) groups is 1. The van der Waals surface area contributed by atoms with Crippen LogP contribution in [-0.4, -0.2) is 21.6 Å². The van der Waals surface area contributed by atoms with Crippen molar-refractivity contribution in [2.24, 2.45) is 0 Å². The highest BCUT2D eigenvalue weighted by molar-refractivity contribution is 8.00. The number of amides is 1. The Hall–Kier alpha value is -2.78. The maximum atomic E-state index is 12.2. The number of benzene rings is 1. The molecule has 0 fully saturated rings. The third-order valence-electron chi connectivity index (χ3n) is 4.25. The van der Waals surface area contributed by atoms with Crippen molar-refractivity contribution >= 4 is 34.3 Å². The van der Waals surface area contributed by atoms with E-state index in [0.717, 1.165) is 33.4 Å². The Morgan fingerprint density at radius 3 is 2.84 bits per heavy atom. The van der Waals surface area contributed by atoms with Gasteiger partial charge in [-0.25, -0.2) is 4.98 Å². The maximum absolute atomic E-state index is 12.2. The van der Waals surface area contributed by atoms with Gasteiger partial charge in [-0.2, -0.15) is 5.26 Å². The SMILES string of the molecule is Cc1nc(SCC(=O)Nc2ccc3cc[nH]c3c2)c(C#N)c(C)c1C. The molecule has 0 aliphatic heterocycles. The Balaban J connectivity index is 1.71. The van der Waals surface area contributed by atoms with Crippen LogP contribution in [0.2, 0.25) is 0 Å². The number of aromatic nitrogens is 2. The highest BCUT2D eigenvalue weighted by Crippen LogP contribution is 2.26. The zero-order valence-electron chi connectivity index (χ0n) is 14.3. The van der Waals surface area contributed by atoms with Crippen molar-refractivity contribution in [3.05, 3.63) is 52.8 Å². The fourth-order valence-corrected chi connectivity index (χ4v) is 3.49. The molecule has 6 heteroatoms. The van der Waals surface area contributed by atoms with Gasteiger partial charge < -0.3 is 10.3 Å². The minimum Gasteiger partial charge on any atom is -0.361 e. The predicted octanol–water partition coefficient (Wildman–Crippen LogP) is 4.09. The van der Waals surface area contributed by atoms with Crippen molar-refractivity contribution in [3.8, 4) is 6.07 Å². The first-order valence-corrected chi connectivity index (χ1v) is 8.86. The molecular formula is C19H18N4OS. The van der Waals surface area contributed by atoms with Crippen molar-refractivity contribution < 1.29 is 4.79 Å². The Kier molecular flexibility index (Phi) is 4.77. The summed E-state index contributed by atoms with van der Waals surface area (Å²) in [7, 11) is 0. The standard InChI is InChI=1S/C19H18N4OS/c1-11-12(2)16(9-20)19(22-13(11)3)25-10-18(24)23-15-5-4-14-6-7-21-17(14)8-15/h4-8,21H,10H2,1-3H3,(H,23,24). The average Bonchev–Trinajstić information content (AvgIpc) is 3.05. The van der Waals surface area contributed by atoms with Crippen LogP contribution in [0.5, 0.6) is 0 Å². The molecule has 0 aliphatic rings. The molecule has 1 amide bonds. The number of nitriles is 1. The second kappa shape index (κ2) is 6.99. The monoisotopic (exact) mass is 350 g/mol. The number of hydrogen-bond acceptors (Lipinski definition) is 4. The van der Waals surface area contributed by atoms with Gasteiger partial charge in [0.15, 0.2) is 0 Å². The van der Waals surface area contributed by atoms with Gasteiger partial charge in [0.1, 0.15) is 11.1 Å². The van der Waals surface area contributed by atoms with Crippen LogP contribution in [0.15, 0.2) is 35.5 Å². The summed E-state index contributed by atoms with van der Waals surface area (Å²) in [5.41, 5.74) is 5.10. The summed E-state index contributed by atoms with van der Waals surface area (Å²) in [4.78, 5) is 19.8. The summed E-state index contributed by atoms with van der Waals surface area (Å²) in [6.07, 6.45) is 1.86. The molecule has 2 aromatic heterocycles. The zero-order valence-corrected chi connectivity index (χ0v) is 15.1. The number of hydrogen-bond donors (Lipinski definition) is 2. The van der Waals surface area contributed by atoms with E-state index in [-0.39, 0.29) is 11.7 Å². The summed E-state index contributed by atoms with van der Waals surface area (Å²) < 4.78 is 0. The van der Waals surface area contributed by atoms with Gasteiger partial charge >= 0.3 is 0 Å². The molecule has 3 aromatic rings. The molecule has 2 heterocycles. The van der Waals surface area contributed by atoms with E-state index in [4.69, 9.17) is 0 Å². The van der Waals surface area contributed by atoms with E-state index >= 15 is 0 Å². The maximum Gasteiger partial charge on any atom is 0.234 e. The van der Waals surface area contributed by atoms with Crippen LogP contribution in [0.1, 0.15) is 22.4 Å². The number of carbonyl (C=O) groups excluding carboxylic acids is 1. The molecule has 0 unspecified atom stereocenters. The molecular weight excluding hydrogens is 332 g/mol. The number of rotatable bonds is 4. The topological polar surface area (TPSA) is 81.6 Å². The molecule has 0 atom stereocenters. The molecule has 25 heavy (non-hydrogen) atoms. The van der Waals surface area contributed by atoms with Crippen molar-refractivity contribution in [3.63, 3.8) is 0 Å². The third-order valence-corrected chi connectivity index (χ3v) is 5.23. The molecule has 0 aliphatic carbocycles. The summed E-state index contributed by atoms with van der Waals surface area (Å²) in [6, 6.07) is 9.91. The smallest absolute Gasteiger partial charge is 0.234 e. The van der Waals surface area contributed by atoms with E-state index in [1.807, 2.05) is 51.2 Å². The quantitative estimate of drug-likeness (QED) is 0.694. The van der Waals surface area contributed by atoms with E-state index in [1.54, 1.807) is 0 Å². The molecule has 126 valence electrons. The summed E-state index contributed by atoms with van der Waals surface area (Å²) in [5.74, 6) is 0.0734. The van der Waals surface area contributed by atoms with E-state index in [9.17, 15) is 10.1 Å². The molecule has 5 nitrogen and oxygen atoms in total. The minimum absolute atomic E-state index is 0.127. The van der Waals surface area contributed by atoms with E-state index < -0.39 is 0 Å². The Labute approximate surface area is 150 Å². The lowest BCUT2D eigenvalue weighted by atomic mass is 10.1. The number of aryl methyl sites for hydroxylation is 1. The predicted molar refractivity (Wildman–Crippen MR) is 101 cm³/mol. The van der Waals surface area contributed by atoms with E-state index in [2.05, 4.69) is 21.4 Å². The molecule has 0 saturated carbocycles. The van der Waals surface area contributed by atoms with Gasteiger partial charge in [-0.3, -0.25) is 4.79 Å². The fraction of sp³-hybridized carbons (Fsp3) is 0.211. The average molecular weight is 350 g/mol. The van der Waals surface area contributed by atoms with Crippen LogP contribution >= 0.6 is 11.8 Å². The molecule has 3 rings (SSSR count). The molecule has 0 bridgehead atoms. The Bertz CT molecular complexity index is 1000. The van der Waals surface area contributed by atoms with Gasteiger partial charge in [0.2, 0.25) is 5.91 Å². The van der Waals surface area contributed by atoms with Crippen LogP contribution < -0.4 is 5.32 Å². The first kappa shape index (κ1) is 17.1. The third kappa shape index (κ3) is 3.52. The van der Waals surface area contributed by atoms with Crippen molar-refractivity contribution in [2.45, 2.75) is 25.8 Å². The molecule has 0 saturated heterocycles. The first-order valence-electron chi connectivity index (χ1n) is 7.87. The van der Waals surface area contributed by atoms with Crippen molar-refractivity contribution in [2.75, 3.05) is 11.1 Å². The second-order valence-electron chi connectivity index (χ2n) is 5.86. The zero-order chi connectivity index (χ0) is 18.0. The molecule has 2 N–H and O–H groups in total. The summed E-state index contributed by atoms with van der Waals surface area (Å²) >= 11 is 1.29. The van der Waals surface area contributed by atoms with Crippen LogP contribution in [0.25, 0.3) is 10.9 Å². The fourth-order valence-electron chi connectivity index (χ4n) is 2.60. The number of nitrogens with one attached hydrogen (secondary N) is 2. The molecule has 0 spiro atoms. The normalized spacial score (nSPS) is 10.6. The highest BCUT2D eigenvalue weighted by atomic mass is 32.2. The van der Waals surface area contributed by atoms with Crippen LogP contribution in [0.4, 0.5) is 5.69 Å². The lowest BCUT2D eigenvalue weighted by Gasteiger charge is -2.11. The number of H-pyrrole nitrogens is 1. The lowest BCUT2D eigenvalue weighted by molar-refractivity contribution is -0.113. The van der Waals surface area contributed by atoms with Crippen LogP contribution in [0, 0.1) is 32.1 Å². The number of aromatic amines is 1. The highest BCUT2D eigenvalue weighted by Gasteiger charge is 2.14. The first-order chi connectivity index (χ1) is 12.0. The molecule has 1 aromatic carbocycles. The van der Waals surface area contributed by atoms with Gasteiger partial charge in [0.05, 0.1) is 11.3 Å². The lowest BCUT2D eigenvalue weighted by Crippen LogP contribution is -2.14. The van der Waals surface area contributed by atoms with Crippen LogP contribution in [0.3, 0.4) is 0 Å². The van der Waals surface area contributed by atoms with Crippen molar-refractivity contribution in [1.82, 2.24) is 9.97 Å². The number of nitrogens with zero attached hydrogens (tertiary/aromatic N) is 2. The largest absolute Gasteiger partial charge is 0.361 e. The van der Waals surface area contributed by atoms with Crippen molar-refractivity contribution in [1.29, 1.82) is 5.26 Å². The number of pyridine rings is 1. The van der Waals surface area contributed by atoms with Crippen LogP contribution in [-0.2, 0) is 4.79 Å².